The number of nitrogens with one attached hydrogen (secondary N) is 12. The first kappa shape index (κ1) is 97.7. The Morgan fingerprint density at radius 3 is 1.41 bits per heavy atom. The van der Waals surface area contributed by atoms with Crippen LogP contribution in [0.1, 0.15) is 171 Å². The van der Waals surface area contributed by atoms with Crippen molar-refractivity contribution in [3.8, 4) is 0 Å². The van der Waals surface area contributed by atoms with Crippen molar-refractivity contribution >= 4 is 119 Å². The lowest BCUT2D eigenvalue weighted by Gasteiger charge is -2.29. The lowest BCUT2D eigenvalue weighted by atomic mass is 10.0. The Bertz CT molecular complexity index is 3160. The number of esters is 4. The number of ether oxygens (including phenoxy) is 7. The first-order valence-corrected chi connectivity index (χ1v) is 35.9. The van der Waals surface area contributed by atoms with Gasteiger partial charge in [-0.3, -0.25) is 62.3 Å². The number of carboxylic acid groups (broad SMARTS) is 2. The van der Waals surface area contributed by atoms with Crippen LogP contribution in [0.5, 0.6) is 0 Å². The Morgan fingerprint density at radius 2 is 0.955 bits per heavy atom. The average molecular weight is 1600 g/mol. The third-order valence-corrected chi connectivity index (χ3v) is 15.8. The third kappa shape index (κ3) is 40.8. The Labute approximate surface area is 637 Å². The summed E-state index contributed by atoms with van der Waals surface area (Å²) in [6.45, 7) is 7.64. The summed E-state index contributed by atoms with van der Waals surface area (Å²) in [5, 5.41) is 89.8. The molecule has 1 fully saturated rings. The molecule has 1 heterocycles. The van der Waals surface area contributed by atoms with Gasteiger partial charge >= 0.3 is 54.1 Å². The van der Waals surface area contributed by atoms with E-state index in [4.69, 9.17) is 44.8 Å². The molecule has 110 heavy (non-hydrogen) atoms. The number of allylic oxidation sites excluding steroid dienone is 1. The molecule has 622 valence electrons. The number of carbonyl (C=O) groups excluding carboxylic acids is 16. The number of aliphatic carboxylic acids is 2. The number of hydrogen-bond donors (Lipinski definition) is 18. The van der Waals surface area contributed by atoms with Crippen LogP contribution < -0.4 is 63.8 Å². The molecule has 0 aromatic carbocycles. The van der Waals surface area contributed by atoms with Gasteiger partial charge in [0.05, 0.1) is 37.0 Å². The largest absolute Gasteiger partial charge is 0.481 e. The maximum absolute atomic E-state index is 14.8. The number of aliphatic hydroxyl groups excluding tert-OH is 4. The van der Waals surface area contributed by atoms with Crippen LogP contribution in [0.15, 0.2) is 11.8 Å². The molecule has 0 radical (unpaired) electrons. The Kier molecular flexibility index (Phi) is 46.9. The number of carbonyl (C=O) groups is 18. The summed E-state index contributed by atoms with van der Waals surface area (Å²) in [6, 6.07) is -18.0. The van der Waals surface area contributed by atoms with Crippen molar-refractivity contribution in [1.82, 2.24) is 63.8 Å². The first-order valence-electron chi connectivity index (χ1n) is 35.4. The minimum Gasteiger partial charge on any atom is -0.481 e. The molecular formula is C66H105ClN12O31. The monoisotopic (exact) mass is 1600 g/mol. The van der Waals surface area contributed by atoms with E-state index in [1.165, 1.54) is 6.92 Å². The van der Waals surface area contributed by atoms with E-state index in [1.807, 2.05) is 16.0 Å². The minimum atomic E-state index is -2.96. The first-order chi connectivity index (χ1) is 51.7. The van der Waals surface area contributed by atoms with Gasteiger partial charge in [0, 0.05) is 61.2 Å². The molecule has 15 atom stereocenters. The van der Waals surface area contributed by atoms with E-state index >= 15 is 0 Å². The molecule has 1 saturated heterocycles. The number of halogens is 1. The number of hydrogen-bond acceptors (Lipinski definition) is 29. The molecule has 1 aliphatic rings. The normalized spacial score (nSPS) is 21.8. The fourth-order valence-electron chi connectivity index (χ4n) is 10.1. The second-order valence-corrected chi connectivity index (χ2v) is 25.3. The number of rotatable bonds is 37. The van der Waals surface area contributed by atoms with Crippen molar-refractivity contribution in [2.24, 2.45) is 0 Å². The lowest BCUT2D eigenvalue weighted by molar-refractivity contribution is -0.163. The van der Waals surface area contributed by atoms with Crippen LogP contribution >= 0.6 is 11.6 Å². The summed E-state index contributed by atoms with van der Waals surface area (Å²) < 4.78 is 34.5. The topological polar surface area (TPSA) is 638 Å². The standard InChI is InChI=1S/C66H105ClN12O31/c1-10-12-13-14-15-16-17-18-19-22-40(84)29-48(86)71-46-32-104-63(100)51(47(85)31-67)78-61(97)52(53(89)62(98)99)79-54(90)41(11-2)72-60(96)50(33(3)80)77-57(93)44(25-28-70-66(103)110-39(9)107-36(6)83)74-55(91)42(23-20-21-26-68-64(101)108-37(7)105-34(4)81)73-58(94)45(30-49(87)88)76-56(92)43(75-59(46)95)24-27-69-65(102)109-38(8)106-35(5)82/h11,33,37-40,42-47,50-53,80,84-85,89H,10,12-32H2,1-9H3,(H,68,101)(H,69,102)(H,70,103)(H,71,86)(H,72,96)(H,73,94)(H,74,91)(H,75,95)(H,76,92)(H,77,93)(H,78,97)(H,79,90)(H,87,88)(H,98,99)/b41-11+/t33-,37?,38?,39?,40+,42-,43+,44+,45-,46-,47+,50-,51-,52-,53-/m0/s1. The van der Waals surface area contributed by atoms with Crippen molar-refractivity contribution in [2.75, 3.05) is 32.1 Å². The van der Waals surface area contributed by atoms with Gasteiger partial charge in [-0.2, -0.15) is 0 Å². The number of carboxylic acids is 2. The average Bonchev–Trinajstić information content (AvgIpc) is 0.847. The number of aliphatic hydroxyl groups is 4. The molecule has 0 spiro atoms. The van der Waals surface area contributed by atoms with Crippen LogP contribution in [-0.2, 0) is 105 Å². The number of cyclic esters (lactones) is 1. The van der Waals surface area contributed by atoms with Gasteiger partial charge in [-0.05, 0) is 52.4 Å². The molecule has 0 saturated carbocycles. The van der Waals surface area contributed by atoms with E-state index < -0.39 is 262 Å². The van der Waals surface area contributed by atoms with E-state index in [0.29, 0.717) is 12.8 Å². The zero-order chi connectivity index (χ0) is 83.3. The second-order valence-electron chi connectivity index (χ2n) is 25.0. The smallest absolute Gasteiger partial charge is 0.410 e. The fraction of sp³-hybridized carbons (Fsp3) is 0.697. The maximum Gasteiger partial charge on any atom is 0.410 e. The highest BCUT2D eigenvalue weighted by atomic mass is 35.5. The molecule has 18 N–H and O–H groups in total. The van der Waals surface area contributed by atoms with Crippen molar-refractivity contribution in [1.29, 1.82) is 0 Å². The van der Waals surface area contributed by atoms with Gasteiger partial charge < -0.3 is 128 Å². The van der Waals surface area contributed by atoms with Crippen molar-refractivity contribution < 1.29 is 150 Å². The van der Waals surface area contributed by atoms with Crippen LogP contribution in [-0.4, -0.2) is 262 Å². The molecule has 44 heteroatoms. The van der Waals surface area contributed by atoms with E-state index in [1.54, 1.807) is 0 Å². The molecule has 0 aromatic rings. The van der Waals surface area contributed by atoms with Crippen molar-refractivity contribution in [3.05, 3.63) is 11.8 Å². The summed E-state index contributed by atoms with van der Waals surface area (Å²) >= 11 is 5.92. The predicted molar refractivity (Wildman–Crippen MR) is 375 cm³/mol. The van der Waals surface area contributed by atoms with Crippen LogP contribution in [0, 0.1) is 0 Å². The van der Waals surface area contributed by atoms with E-state index in [9.17, 15) is 117 Å². The quantitative estimate of drug-likeness (QED) is 0.00730. The van der Waals surface area contributed by atoms with Gasteiger partial charge in [0.2, 0.25) is 66.1 Å². The molecule has 0 bridgehead atoms. The van der Waals surface area contributed by atoms with Gasteiger partial charge in [0.15, 0.2) is 12.1 Å². The summed E-state index contributed by atoms with van der Waals surface area (Å²) in [5.74, 6) is -22.6. The van der Waals surface area contributed by atoms with Crippen molar-refractivity contribution in [2.45, 2.75) is 263 Å². The van der Waals surface area contributed by atoms with Crippen LogP contribution in [0.25, 0.3) is 0 Å². The Morgan fingerprint density at radius 1 is 0.518 bits per heavy atom. The summed E-state index contributed by atoms with van der Waals surface area (Å²) in [5.41, 5.74) is -0.917. The number of alkyl halides is 1. The molecule has 12 amide bonds. The molecular weight excluding hydrogens is 1490 g/mol. The van der Waals surface area contributed by atoms with Gasteiger partial charge in [0.25, 0.3) is 5.91 Å². The molecule has 1 aliphatic heterocycles. The minimum absolute atomic E-state index is 0.0689. The highest BCUT2D eigenvalue weighted by molar-refractivity contribution is 6.18. The molecule has 43 nitrogen and oxygen atoms in total. The zero-order valence-corrected chi connectivity index (χ0v) is 63.3. The lowest BCUT2D eigenvalue weighted by Crippen LogP contribution is -2.62. The number of alkyl carbamates (subject to hydrolysis) is 3. The van der Waals surface area contributed by atoms with Gasteiger partial charge in [-0.25, -0.2) is 24.0 Å². The van der Waals surface area contributed by atoms with E-state index in [0.717, 1.165) is 99.5 Å². The summed E-state index contributed by atoms with van der Waals surface area (Å²) in [7, 11) is 0. The number of amides is 12. The second kappa shape index (κ2) is 52.7. The Hall–Kier alpha value is -10.3. The fourth-order valence-corrected chi connectivity index (χ4v) is 10.2. The van der Waals surface area contributed by atoms with Gasteiger partial charge in [-0.15, -0.1) is 11.6 Å². The molecule has 0 aromatic heterocycles. The zero-order valence-electron chi connectivity index (χ0n) is 62.6. The Balaban J connectivity index is 4.45. The molecule has 0 aliphatic carbocycles. The predicted octanol–water partition coefficient (Wildman–Crippen LogP) is -3.13. The highest BCUT2D eigenvalue weighted by Gasteiger charge is 2.41. The van der Waals surface area contributed by atoms with Crippen LogP contribution in [0.3, 0.4) is 0 Å². The number of unbranched alkanes of at least 4 members (excludes halogenated alkanes) is 9. The van der Waals surface area contributed by atoms with Gasteiger partial charge in [0.1, 0.15) is 54.6 Å². The van der Waals surface area contributed by atoms with Crippen LogP contribution in [0.2, 0.25) is 0 Å². The SMILES string of the molecule is C/C=C1/NC(=O)[C@H]([C@H](C)O)NC(=O)[C@@H](CCNC(=O)OC(C)OC(C)=O)NC(=O)[C@H](CCCCNC(=O)OC(C)OC(C)=O)NC(=O)[C@H](CC(=O)O)NC(=O)[C@@H](CCNC(=O)OC(C)OC(C)=O)NC(=O)[C@@H](NC(=O)C[C@H](O)CCCCCCCCCCC)COC(=O)[C@H]([C@H](O)CCl)NC(=O)[C@H]([C@H](O)C(=O)O)NC1=O. The molecule has 3 unspecified atom stereocenters. The van der Waals surface area contributed by atoms with E-state index in [2.05, 4.69) is 54.8 Å². The van der Waals surface area contributed by atoms with E-state index in [-0.39, 0.29) is 25.8 Å². The maximum atomic E-state index is 14.8. The molecule has 1 rings (SSSR count). The highest BCUT2D eigenvalue weighted by Crippen LogP contribution is 2.15. The van der Waals surface area contributed by atoms with Gasteiger partial charge in [-0.1, -0.05) is 70.8 Å². The van der Waals surface area contributed by atoms with Crippen LogP contribution in [0.4, 0.5) is 14.4 Å². The summed E-state index contributed by atoms with van der Waals surface area (Å²) in [6.07, 6.45) is -12.0. The third-order valence-electron chi connectivity index (χ3n) is 15.5. The van der Waals surface area contributed by atoms with Crippen molar-refractivity contribution in [3.63, 3.8) is 0 Å². The summed E-state index contributed by atoms with van der Waals surface area (Å²) in [4.78, 5) is 241.